The van der Waals surface area contributed by atoms with Crippen LogP contribution in [0.3, 0.4) is 0 Å². The van der Waals surface area contributed by atoms with E-state index in [2.05, 4.69) is 4.18 Å². The van der Waals surface area contributed by atoms with E-state index in [9.17, 15) is 18.0 Å². The Bertz CT molecular complexity index is 494. The third-order valence-electron chi connectivity index (χ3n) is 1.54. The Hall–Kier alpha value is -0.690. The van der Waals surface area contributed by atoms with E-state index in [1.807, 2.05) is 0 Å². The maximum atomic E-state index is 11.4. The summed E-state index contributed by atoms with van der Waals surface area (Å²) in [6.07, 6.45) is 0.385. The summed E-state index contributed by atoms with van der Waals surface area (Å²) < 4.78 is 27.0. The van der Waals surface area contributed by atoms with Gasteiger partial charge in [-0.3, -0.25) is 9.59 Å². The molecule has 0 heterocycles. The molecule has 0 bridgehead atoms. The number of aldehydes is 1. The SMILES string of the molecule is CC(=O)OS(=O)(=O)c1ccccc1C=O.[NaH]. The van der Waals surface area contributed by atoms with Crippen LogP contribution in [0, 0.1) is 0 Å². The van der Waals surface area contributed by atoms with E-state index in [-0.39, 0.29) is 40.0 Å². The van der Waals surface area contributed by atoms with Crippen molar-refractivity contribution in [1.29, 1.82) is 0 Å². The molecule has 0 atom stereocenters. The van der Waals surface area contributed by atoms with E-state index >= 15 is 0 Å². The summed E-state index contributed by atoms with van der Waals surface area (Å²) in [5.41, 5.74) is -0.0428. The van der Waals surface area contributed by atoms with Gasteiger partial charge in [0.15, 0.2) is 6.29 Å². The van der Waals surface area contributed by atoms with E-state index in [4.69, 9.17) is 0 Å². The Balaban J connectivity index is 0.00000225. The molecule has 1 rings (SSSR count). The number of hydrogen-bond acceptors (Lipinski definition) is 5. The van der Waals surface area contributed by atoms with Gasteiger partial charge in [0.05, 0.1) is 0 Å². The first-order chi connectivity index (χ1) is 6.97. The van der Waals surface area contributed by atoms with Crippen LogP contribution in [-0.2, 0) is 19.1 Å². The normalized spacial score (nSPS) is 10.1. The van der Waals surface area contributed by atoms with Crippen molar-refractivity contribution in [1.82, 2.24) is 0 Å². The van der Waals surface area contributed by atoms with Crippen LogP contribution < -0.4 is 0 Å². The Morgan fingerprint density at radius 1 is 1.31 bits per heavy atom. The van der Waals surface area contributed by atoms with E-state index in [1.165, 1.54) is 24.3 Å². The van der Waals surface area contributed by atoms with Crippen molar-refractivity contribution in [3.63, 3.8) is 0 Å². The summed E-state index contributed by atoms with van der Waals surface area (Å²) in [6.45, 7) is 0.973. The summed E-state index contributed by atoms with van der Waals surface area (Å²) in [7, 11) is -4.18. The minimum atomic E-state index is -4.18. The van der Waals surface area contributed by atoms with E-state index in [0.29, 0.717) is 6.29 Å². The summed E-state index contributed by atoms with van der Waals surface area (Å²) >= 11 is 0. The Labute approximate surface area is 115 Å². The zero-order valence-corrected chi connectivity index (χ0v) is 8.65. The monoisotopic (exact) mass is 252 g/mol. The number of carbonyl (C=O) groups is 2. The van der Waals surface area contributed by atoms with Crippen LogP contribution in [0.15, 0.2) is 29.2 Å². The molecule has 16 heavy (non-hydrogen) atoms. The molecule has 0 aliphatic rings. The molecule has 1 aromatic carbocycles. The van der Waals surface area contributed by atoms with Crippen molar-refractivity contribution in [3.8, 4) is 0 Å². The van der Waals surface area contributed by atoms with Crippen molar-refractivity contribution in [2.24, 2.45) is 0 Å². The van der Waals surface area contributed by atoms with Gasteiger partial charge in [-0.15, -0.1) is 0 Å². The quantitative estimate of drug-likeness (QED) is 0.433. The molecule has 0 saturated carbocycles. The van der Waals surface area contributed by atoms with E-state index in [0.717, 1.165) is 6.92 Å². The third-order valence-corrected chi connectivity index (χ3v) is 2.91. The maximum absolute atomic E-state index is 11.4. The van der Waals surface area contributed by atoms with Gasteiger partial charge >= 0.3 is 45.6 Å². The predicted octanol–water partition coefficient (Wildman–Crippen LogP) is 0.102. The number of carbonyl (C=O) groups excluding carboxylic acids is 2. The molecular formula is C9H9NaO5S. The van der Waals surface area contributed by atoms with Crippen LogP contribution >= 0.6 is 0 Å². The van der Waals surface area contributed by atoms with Gasteiger partial charge in [0.1, 0.15) is 4.90 Å². The molecule has 0 spiro atoms. The molecule has 0 fully saturated rings. The molecule has 0 N–H and O–H groups in total. The van der Waals surface area contributed by atoms with E-state index < -0.39 is 16.1 Å². The van der Waals surface area contributed by atoms with Gasteiger partial charge in [0.25, 0.3) is 0 Å². The van der Waals surface area contributed by atoms with Gasteiger partial charge in [-0.25, -0.2) is 0 Å². The van der Waals surface area contributed by atoms with Gasteiger partial charge in [-0.1, -0.05) is 18.2 Å². The molecule has 0 aliphatic carbocycles. The van der Waals surface area contributed by atoms with Gasteiger partial charge in [0, 0.05) is 12.5 Å². The van der Waals surface area contributed by atoms with Crippen LogP contribution in [0.4, 0.5) is 0 Å². The van der Waals surface area contributed by atoms with Crippen LogP contribution in [-0.4, -0.2) is 50.2 Å². The van der Waals surface area contributed by atoms with Crippen molar-refractivity contribution in [2.45, 2.75) is 11.8 Å². The molecule has 5 nitrogen and oxygen atoms in total. The van der Waals surface area contributed by atoms with Gasteiger partial charge in [-0.05, 0) is 6.07 Å². The molecule has 0 unspecified atom stereocenters. The molecule has 0 saturated heterocycles. The summed E-state index contributed by atoms with van der Waals surface area (Å²) in [5, 5.41) is 0. The standard InChI is InChI=1S/C9H8O5S.Na.H/c1-7(11)14-15(12,13)9-5-3-2-4-8(9)6-10;;/h2-6H,1H3;;. The molecule has 82 valence electrons. The number of rotatable bonds is 3. The summed E-state index contributed by atoms with van der Waals surface area (Å²) in [6, 6.07) is 5.46. The molecule has 0 radical (unpaired) electrons. The van der Waals surface area contributed by atoms with Crippen LogP contribution in [0.1, 0.15) is 17.3 Å². The molecule has 1 aromatic rings. The fourth-order valence-corrected chi connectivity index (χ4v) is 2.05. The third kappa shape index (κ3) is 3.71. The molecule has 0 amide bonds. The zero-order valence-electron chi connectivity index (χ0n) is 7.84. The van der Waals surface area contributed by atoms with Crippen LogP contribution in [0.5, 0.6) is 0 Å². The van der Waals surface area contributed by atoms with Gasteiger partial charge in [0.2, 0.25) is 0 Å². The summed E-state index contributed by atoms with van der Waals surface area (Å²) in [5.74, 6) is -0.948. The van der Waals surface area contributed by atoms with Gasteiger partial charge in [-0.2, -0.15) is 8.42 Å². The van der Waals surface area contributed by atoms with Gasteiger partial charge < -0.3 is 4.18 Å². The fourth-order valence-electron chi connectivity index (χ4n) is 1.00. The first-order valence-corrected chi connectivity index (χ1v) is 5.37. The zero-order chi connectivity index (χ0) is 11.5. The Morgan fingerprint density at radius 2 is 1.88 bits per heavy atom. The topological polar surface area (TPSA) is 77.5 Å². The van der Waals surface area contributed by atoms with Crippen LogP contribution in [0.2, 0.25) is 0 Å². The molecular weight excluding hydrogens is 243 g/mol. The molecule has 0 aliphatic heterocycles. The second-order valence-electron chi connectivity index (χ2n) is 2.68. The van der Waals surface area contributed by atoms with Crippen LogP contribution in [0.25, 0.3) is 0 Å². The first-order valence-electron chi connectivity index (χ1n) is 3.96. The van der Waals surface area contributed by atoms with E-state index in [1.54, 1.807) is 0 Å². The first kappa shape index (κ1) is 15.3. The Morgan fingerprint density at radius 3 is 2.38 bits per heavy atom. The predicted molar refractivity (Wildman–Crippen MR) is 57.9 cm³/mol. The second kappa shape index (κ2) is 6.15. The summed E-state index contributed by atoms with van der Waals surface area (Å²) in [4.78, 5) is 20.8. The average Bonchev–Trinajstić information content (AvgIpc) is 2.16. The average molecular weight is 252 g/mol. The van der Waals surface area contributed by atoms with Crippen molar-refractivity contribution in [2.75, 3.05) is 0 Å². The second-order valence-corrected chi connectivity index (χ2v) is 4.20. The fraction of sp³-hybridized carbons (Fsp3) is 0.111. The Kier molecular flexibility index (Phi) is 5.88. The number of benzene rings is 1. The molecule has 7 heteroatoms. The number of hydrogen-bond donors (Lipinski definition) is 0. The van der Waals surface area contributed by atoms with Crippen molar-refractivity contribution in [3.05, 3.63) is 29.8 Å². The molecule has 0 aromatic heterocycles. The van der Waals surface area contributed by atoms with Crippen molar-refractivity contribution >= 4 is 51.9 Å². The van der Waals surface area contributed by atoms with Crippen molar-refractivity contribution < 1.29 is 22.2 Å². The minimum absolute atomic E-state index is 0.